The molecule has 0 aliphatic rings. The van der Waals surface area contributed by atoms with Crippen LogP contribution in [0, 0.1) is 0 Å². The average molecular weight is 335 g/mol. The lowest BCUT2D eigenvalue weighted by molar-refractivity contribution is 0.201. The Bertz CT molecular complexity index is 611. The molecular weight excluding hydrogens is 310 g/mol. The van der Waals surface area contributed by atoms with Crippen molar-refractivity contribution in [1.82, 2.24) is 15.6 Å². The molecule has 23 heavy (non-hydrogen) atoms. The van der Waals surface area contributed by atoms with E-state index in [4.69, 9.17) is 5.11 Å². The van der Waals surface area contributed by atoms with E-state index in [2.05, 4.69) is 21.7 Å². The van der Waals surface area contributed by atoms with E-state index in [-0.39, 0.29) is 18.2 Å². The van der Waals surface area contributed by atoms with Crippen molar-refractivity contribution in [3.63, 3.8) is 0 Å². The van der Waals surface area contributed by atoms with E-state index in [1.807, 2.05) is 32.0 Å². The van der Waals surface area contributed by atoms with E-state index < -0.39 is 0 Å². The van der Waals surface area contributed by atoms with Crippen LogP contribution in [-0.4, -0.2) is 34.8 Å². The van der Waals surface area contributed by atoms with Crippen molar-refractivity contribution in [2.45, 2.75) is 45.1 Å². The molecule has 5 nitrogen and oxygen atoms in total. The van der Waals surface area contributed by atoms with Gasteiger partial charge in [0.15, 0.2) is 0 Å². The second-order valence-electron chi connectivity index (χ2n) is 5.95. The second kappa shape index (κ2) is 8.26. The maximum Gasteiger partial charge on any atom is 0.315 e. The van der Waals surface area contributed by atoms with Crippen molar-refractivity contribution in [3.8, 4) is 0 Å². The van der Waals surface area contributed by atoms with Gasteiger partial charge in [0.2, 0.25) is 0 Å². The minimum Gasteiger partial charge on any atom is -0.396 e. The molecule has 0 saturated carbocycles. The first kappa shape index (κ1) is 17.7. The number of aromatic nitrogens is 1. The van der Waals surface area contributed by atoms with Gasteiger partial charge in [0.25, 0.3) is 0 Å². The van der Waals surface area contributed by atoms with Crippen molar-refractivity contribution in [2.24, 2.45) is 0 Å². The number of carbonyl (C=O) groups excluding carboxylic acids is 1. The predicted octanol–water partition coefficient (Wildman–Crippen LogP) is 3.08. The van der Waals surface area contributed by atoms with Gasteiger partial charge in [-0.05, 0) is 38.3 Å². The van der Waals surface area contributed by atoms with Crippen LogP contribution >= 0.6 is 11.3 Å². The lowest BCUT2D eigenvalue weighted by Crippen LogP contribution is -2.50. The third-order valence-corrected chi connectivity index (χ3v) is 5.15. The second-order valence-corrected chi connectivity index (χ2v) is 7.06. The van der Waals surface area contributed by atoms with Gasteiger partial charge < -0.3 is 15.7 Å². The number of nitrogens with one attached hydrogen (secondary N) is 2. The molecule has 0 aliphatic carbocycles. The fourth-order valence-electron chi connectivity index (χ4n) is 2.36. The largest absolute Gasteiger partial charge is 0.396 e. The number of fused-ring (bicyclic) bond motifs is 1. The summed E-state index contributed by atoms with van der Waals surface area (Å²) in [5.41, 5.74) is 0.687. The Kier molecular flexibility index (Phi) is 6.36. The van der Waals surface area contributed by atoms with Gasteiger partial charge in [0.05, 0.1) is 15.2 Å². The van der Waals surface area contributed by atoms with Crippen molar-refractivity contribution in [3.05, 3.63) is 29.3 Å². The zero-order valence-electron chi connectivity index (χ0n) is 13.8. The van der Waals surface area contributed by atoms with Crippen molar-refractivity contribution >= 4 is 27.6 Å². The predicted molar refractivity (Wildman–Crippen MR) is 94.9 cm³/mol. The molecule has 126 valence electrons. The van der Waals surface area contributed by atoms with Crippen LogP contribution in [0.25, 0.3) is 10.2 Å². The Morgan fingerprint density at radius 1 is 1.39 bits per heavy atom. The molecule has 6 heteroatoms. The molecule has 0 aliphatic heterocycles. The quantitative estimate of drug-likeness (QED) is 0.649. The first-order chi connectivity index (χ1) is 11.1. The summed E-state index contributed by atoms with van der Waals surface area (Å²) in [6.45, 7) is 4.63. The van der Waals surface area contributed by atoms with Crippen LogP contribution < -0.4 is 10.6 Å². The maximum absolute atomic E-state index is 11.9. The van der Waals surface area contributed by atoms with Gasteiger partial charge in [-0.1, -0.05) is 19.1 Å². The molecule has 0 saturated heterocycles. The summed E-state index contributed by atoms with van der Waals surface area (Å²) >= 11 is 1.71. The van der Waals surface area contributed by atoms with Gasteiger partial charge in [-0.2, -0.15) is 0 Å². The fraction of sp³-hybridized carbons (Fsp3) is 0.529. The molecule has 1 unspecified atom stereocenters. The molecule has 1 aromatic carbocycles. The highest BCUT2D eigenvalue weighted by Gasteiger charge is 2.23. The summed E-state index contributed by atoms with van der Waals surface area (Å²) in [6, 6.07) is 7.94. The number of hydrogen-bond acceptors (Lipinski definition) is 4. The maximum atomic E-state index is 11.9. The molecule has 0 fully saturated rings. The number of nitrogens with zero attached hydrogens (tertiary/aromatic N) is 1. The molecule has 2 rings (SSSR count). The highest BCUT2D eigenvalue weighted by Crippen LogP contribution is 2.22. The number of urea groups is 1. The molecule has 2 aromatic rings. The van der Waals surface area contributed by atoms with Crippen molar-refractivity contribution < 1.29 is 9.90 Å². The minimum atomic E-state index is -0.355. The standard InChI is InChI=1S/C17H25N3O2S/c1-3-17(2,10-12-21)20-16(22)18-11-6-9-15-19-13-7-4-5-8-14(13)23-15/h4-5,7-8,21H,3,6,9-12H2,1-2H3,(H2,18,20,22). The minimum absolute atomic E-state index is 0.0717. The summed E-state index contributed by atoms with van der Waals surface area (Å²) in [7, 11) is 0. The smallest absolute Gasteiger partial charge is 0.315 e. The molecule has 0 radical (unpaired) electrons. The highest BCUT2D eigenvalue weighted by molar-refractivity contribution is 7.18. The number of carbonyl (C=O) groups is 1. The monoisotopic (exact) mass is 335 g/mol. The van der Waals surface area contributed by atoms with Crippen LogP contribution in [0.5, 0.6) is 0 Å². The third-order valence-electron chi connectivity index (χ3n) is 4.05. The van der Waals surface area contributed by atoms with E-state index in [9.17, 15) is 4.79 Å². The molecule has 3 N–H and O–H groups in total. The Morgan fingerprint density at radius 3 is 2.87 bits per heavy atom. The normalized spacial score (nSPS) is 13.7. The third kappa shape index (κ3) is 5.18. The zero-order chi connectivity index (χ0) is 16.7. The van der Waals surface area contributed by atoms with Crippen LogP contribution in [0.15, 0.2) is 24.3 Å². The molecule has 1 atom stereocenters. The van der Waals surface area contributed by atoms with Gasteiger partial charge in [0, 0.05) is 25.1 Å². The van der Waals surface area contributed by atoms with E-state index >= 15 is 0 Å². The van der Waals surface area contributed by atoms with E-state index in [1.54, 1.807) is 11.3 Å². The van der Waals surface area contributed by atoms with Crippen LogP contribution in [0.1, 0.15) is 38.1 Å². The summed E-state index contributed by atoms with van der Waals surface area (Å²) in [6.07, 6.45) is 3.06. The summed E-state index contributed by atoms with van der Waals surface area (Å²) in [5, 5.41) is 16.0. The first-order valence-corrected chi connectivity index (χ1v) is 8.89. The molecule has 1 aromatic heterocycles. The van der Waals surface area contributed by atoms with Crippen LogP contribution in [-0.2, 0) is 6.42 Å². The number of rotatable bonds is 8. The topological polar surface area (TPSA) is 74.2 Å². The number of aliphatic hydroxyl groups excluding tert-OH is 1. The highest BCUT2D eigenvalue weighted by atomic mass is 32.1. The van der Waals surface area contributed by atoms with E-state index in [0.717, 1.165) is 29.8 Å². The number of hydrogen-bond donors (Lipinski definition) is 3. The number of benzene rings is 1. The van der Waals surface area contributed by atoms with Crippen LogP contribution in [0.4, 0.5) is 4.79 Å². The summed E-state index contributed by atoms with van der Waals surface area (Å²) in [4.78, 5) is 16.5. The van der Waals surface area contributed by atoms with E-state index in [0.29, 0.717) is 13.0 Å². The Morgan fingerprint density at radius 2 is 2.17 bits per heavy atom. The lowest BCUT2D eigenvalue weighted by atomic mass is 9.95. The Balaban J connectivity index is 1.73. The summed E-state index contributed by atoms with van der Waals surface area (Å²) < 4.78 is 1.20. The average Bonchev–Trinajstić information content (AvgIpc) is 2.94. The number of para-hydroxylation sites is 1. The Labute approximate surface area is 141 Å². The molecular formula is C17H25N3O2S. The van der Waals surface area contributed by atoms with Gasteiger partial charge in [-0.25, -0.2) is 9.78 Å². The SMILES string of the molecule is CCC(C)(CCO)NC(=O)NCCCc1nc2ccccc2s1. The first-order valence-electron chi connectivity index (χ1n) is 8.07. The molecule has 0 spiro atoms. The van der Waals surface area contributed by atoms with Crippen molar-refractivity contribution in [2.75, 3.05) is 13.2 Å². The Hall–Kier alpha value is -1.66. The molecule has 1 heterocycles. The molecule has 2 amide bonds. The lowest BCUT2D eigenvalue weighted by Gasteiger charge is -2.29. The number of amides is 2. The number of thiazole rings is 1. The summed E-state index contributed by atoms with van der Waals surface area (Å²) in [5.74, 6) is 0. The van der Waals surface area contributed by atoms with Gasteiger partial charge >= 0.3 is 6.03 Å². The van der Waals surface area contributed by atoms with Gasteiger partial charge in [0.1, 0.15) is 0 Å². The fourth-order valence-corrected chi connectivity index (χ4v) is 3.37. The van der Waals surface area contributed by atoms with Gasteiger partial charge in [-0.3, -0.25) is 0 Å². The van der Waals surface area contributed by atoms with Crippen LogP contribution in [0.3, 0.4) is 0 Å². The van der Waals surface area contributed by atoms with E-state index in [1.165, 1.54) is 4.70 Å². The van der Waals surface area contributed by atoms with Gasteiger partial charge in [-0.15, -0.1) is 11.3 Å². The zero-order valence-corrected chi connectivity index (χ0v) is 14.6. The van der Waals surface area contributed by atoms with Crippen molar-refractivity contribution in [1.29, 1.82) is 0 Å². The van der Waals surface area contributed by atoms with Crippen LogP contribution in [0.2, 0.25) is 0 Å². The number of aliphatic hydroxyl groups is 1. The molecule has 0 bridgehead atoms. The number of aryl methyl sites for hydroxylation is 1.